The van der Waals surface area contributed by atoms with Crippen LogP contribution >= 0.6 is 0 Å². The summed E-state index contributed by atoms with van der Waals surface area (Å²) in [6, 6.07) is 15.0. The van der Waals surface area contributed by atoms with E-state index in [9.17, 15) is 19.4 Å². The second-order valence-electron chi connectivity index (χ2n) is 8.39. The first kappa shape index (κ1) is 22.6. The van der Waals surface area contributed by atoms with Crippen LogP contribution in [-0.4, -0.2) is 43.5 Å². The highest BCUT2D eigenvalue weighted by Crippen LogP contribution is 2.31. The number of aliphatic hydroxyl groups is 2. The molecule has 0 spiro atoms. The highest BCUT2D eigenvalue weighted by molar-refractivity contribution is 5.93. The van der Waals surface area contributed by atoms with Gasteiger partial charge in [0, 0.05) is 17.0 Å². The monoisotopic (exact) mass is 448 g/mol. The number of para-hydroxylation sites is 1. The number of aryl methyl sites for hydroxylation is 2. The fourth-order valence-electron chi connectivity index (χ4n) is 3.72. The first-order chi connectivity index (χ1) is 15.8. The van der Waals surface area contributed by atoms with Crippen molar-refractivity contribution in [2.24, 2.45) is 0 Å². The van der Waals surface area contributed by atoms with Crippen molar-refractivity contribution in [1.82, 2.24) is 14.5 Å². The lowest BCUT2D eigenvalue weighted by Crippen LogP contribution is -2.43. The molecule has 4 rings (SSSR count). The van der Waals surface area contributed by atoms with Crippen molar-refractivity contribution < 1.29 is 14.6 Å². The van der Waals surface area contributed by atoms with Gasteiger partial charge in [-0.15, -0.1) is 0 Å². The van der Waals surface area contributed by atoms with E-state index < -0.39 is 5.54 Å². The Bertz CT molecular complexity index is 1400. The number of hydrogen-bond donors (Lipinski definition) is 3. The molecule has 0 fully saturated rings. The summed E-state index contributed by atoms with van der Waals surface area (Å²) < 4.78 is 15.3. The largest absolute Gasteiger partial charge is 0.394 e. The molecule has 0 atom stereocenters. The van der Waals surface area contributed by atoms with Crippen molar-refractivity contribution in [3.8, 4) is 16.9 Å². The van der Waals surface area contributed by atoms with Crippen molar-refractivity contribution in [3.63, 3.8) is 0 Å². The topological polar surface area (TPSA) is 100 Å². The number of nitrogens with one attached hydrogen (secondary N) is 1. The van der Waals surface area contributed by atoms with Gasteiger partial charge in [0.1, 0.15) is 5.82 Å². The molecule has 0 aliphatic carbocycles. The lowest BCUT2D eigenvalue weighted by atomic mass is 10.0. The third kappa shape index (κ3) is 4.22. The maximum Gasteiger partial charge on any atom is 0.256 e. The first-order valence-electron chi connectivity index (χ1n) is 10.5. The Labute approximate surface area is 190 Å². The van der Waals surface area contributed by atoms with Crippen LogP contribution in [0.4, 0.5) is 10.3 Å². The number of fused-ring (bicyclic) bond motifs is 1. The van der Waals surface area contributed by atoms with Crippen molar-refractivity contribution in [1.29, 1.82) is 0 Å². The number of pyridine rings is 1. The Morgan fingerprint density at radius 2 is 1.73 bits per heavy atom. The molecule has 0 aliphatic heterocycles. The molecule has 0 saturated heterocycles. The summed E-state index contributed by atoms with van der Waals surface area (Å²) in [7, 11) is 0. The highest BCUT2D eigenvalue weighted by atomic mass is 19.1. The summed E-state index contributed by atoms with van der Waals surface area (Å²) in [5.74, 6) is -0.238. The molecule has 0 unspecified atom stereocenters. The van der Waals surface area contributed by atoms with Gasteiger partial charge in [0.25, 0.3) is 5.56 Å². The Balaban J connectivity index is 2.09. The predicted molar refractivity (Wildman–Crippen MR) is 126 cm³/mol. The van der Waals surface area contributed by atoms with Gasteiger partial charge in [-0.3, -0.25) is 9.36 Å². The van der Waals surface area contributed by atoms with Crippen molar-refractivity contribution in [3.05, 3.63) is 81.9 Å². The Morgan fingerprint density at radius 1 is 1.00 bits per heavy atom. The quantitative estimate of drug-likeness (QED) is 0.418. The van der Waals surface area contributed by atoms with Gasteiger partial charge in [-0.25, -0.2) is 9.37 Å². The van der Waals surface area contributed by atoms with E-state index in [1.165, 1.54) is 22.8 Å². The van der Waals surface area contributed by atoms with Gasteiger partial charge in [-0.05, 0) is 62.2 Å². The minimum Gasteiger partial charge on any atom is -0.394 e. The van der Waals surface area contributed by atoms with Crippen LogP contribution < -0.4 is 10.9 Å². The Hall–Kier alpha value is -3.62. The lowest BCUT2D eigenvalue weighted by Gasteiger charge is -2.26. The molecule has 0 bridgehead atoms. The summed E-state index contributed by atoms with van der Waals surface area (Å²) >= 11 is 0. The van der Waals surface area contributed by atoms with Crippen molar-refractivity contribution in [2.45, 2.75) is 26.3 Å². The Kier molecular flexibility index (Phi) is 5.97. The Morgan fingerprint density at radius 3 is 2.39 bits per heavy atom. The molecule has 0 aliphatic rings. The highest BCUT2D eigenvalue weighted by Gasteiger charge is 2.25. The first-order valence-corrected chi connectivity index (χ1v) is 10.5. The molecule has 170 valence electrons. The minimum atomic E-state index is -1.09. The van der Waals surface area contributed by atoms with E-state index in [1.807, 2.05) is 31.2 Å². The number of aromatic nitrogens is 3. The van der Waals surface area contributed by atoms with E-state index in [4.69, 9.17) is 0 Å². The summed E-state index contributed by atoms with van der Waals surface area (Å²) in [4.78, 5) is 22.3. The number of hydrogen-bond acceptors (Lipinski definition) is 6. The molecule has 0 radical (unpaired) electrons. The van der Waals surface area contributed by atoms with Crippen LogP contribution in [0.3, 0.4) is 0 Å². The number of nitrogens with zero attached hydrogens (tertiary/aromatic N) is 3. The molecular weight excluding hydrogens is 423 g/mol. The fourth-order valence-corrected chi connectivity index (χ4v) is 3.72. The number of anilines is 1. The van der Waals surface area contributed by atoms with Gasteiger partial charge in [0.2, 0.25) is 5.95 Å². The van der Waals surface area contributed by atoms with E-state index in [1.54, 1.807) is 26.0 Å². The molecule has 3 N–H and O–H groups in total. The van der Waals surface area contributed by atoms with Crippen LogP contribution in [-0.2, 0) is 0 Å². The van der Waals surface area contributed by atoms with E-state index in [0.717, 1.165) is 5.56 Å². The van der Waals surface area contributed by atoms with Gasteiger partial charge in [-0.2, -0.15) is 4.98 Å². The number of rotatable bonds is 6. The molecule has 33 heavy (non-hydrogen) atoms. The number of aliphatic hydroxyl groups excluding tert-OH is 2. The molecule has 2 aromatic carbocycles. The smallest absolute Gasteiger partial charge is 0.256 e. The van der Waals surface area contributed by atoms with Crippen LogP contribution in [0.2, 0.25) is 0 Å². The predicted octanol–water partition coefficient (Wildman–Crippen LogP) is 3.36. The standard InChI is InChI=1S/C25H25FN4O3/c1-15-6-4-5-7-20(15)30-21(33)11-10-19-22(18-9-8-17(26)12-16(18)2)27-24(28-23(19)30)29-25(3,13-31)14-32/h4-12,31-32H,13-14H2,1-3H3,(H,27,28,29). The third-order valence-corrected chi connectivity index (χ3v) is 5.66. The van der Waals surface area contributed by atoms with Gasteiger partial charge in [0.05, 0.1) is 30.1 Å². The number of benzene rings is 2. The van der Waals surface area contributed by atoms with E-state index >= 15 is 0 Å². The summed E-state index contributed by atoms with van der Waals surface area (Å²) in [5.41, 5.74) is 2.40. The lowest BCUT2D eigenvalue weighted by molar-refractivity contribution is 0.147. The van der Waals surface area contributed by atoms with E-state index in [0.29, 0.717) is 33.5 Å². The van der Waals surface area contributed by atoms with Crippen LogP contribution in [0, 0.1) is 19.7 Å². The third-order valence-electron chi connectivity index (χ3n) is 5.66. The maximum absolute atomic E-state index is 13.8. The molecule has 8 heteroatoms. The zero-order valence-corrected chi connectivity index (χ0v) is 18.6. The normalized spacial score (nSPS) is 11.7. The second-order valence-corrected chi connectivity index (χ2v) is 8.39. The molecule has 2 heterocycles. The molecule has 2 aromatic heterocycles. The van der Waals surface area contributed by atoms with Gasteiger partial charge in [-0.1, -0.05) is 18.2 Å². The summed E-state index contributed by atoms with van der Waals surface area (Å²) in [5, 5.41) is 23.1. The second kappa shape index (κ2) is 8.73. The van der Waals surface area contributed by atoms with Crippen LogP contribution in [0.15, 0.2) is 59.4 Å². The van der Waals surface area contributed by atoms with E-state index in [-0.39, 0.29) is 30.5 Å². The van der Waals surface area contributed by atoms with Crippen LogP contribution in [0.5, 0.6) is 0 Å². The molecule has 0 saturated carbocycles. The van der Waals surface area contributed by atoms with Crippen molar-refractivity contribution >= 4 is 17.0 Å². The van der Waals surface area contributed by atoms with E-state index in [2.05, 4.69) is 15.3 Å². The summed E-state index contributed by atoms with van der Waals surface area (Å²) in [6.45, 7) is 4.58. The zero-order valence-electron chi connectivity index (χ0n) is 18.6. The molecular formula is C25H25FN4O3. The van der Waals surface area contributed by atoms with Gasteiger partial charge in [0.15, 0.2) is 5.65 Å². The van der Waals surface area contributed by atoms with Crippen LogP contribution in [0.1, 0.15) is 18.1 Å². The minimum absolute atomic E-state index is 0.125. The average Bonchev–Trinajstić information content (AvgIpc) is 2.79. The van der Waals surface area contributed by atoms with Crippen molar-refractivity contribution in [2.75, 3.05) is 18.5 Å². The maximum atomic E-state index is 13.8. The summed E-state index contributed by atoms with van der Waals surface area (Å²) in [6.07, 6.45) is 0. The van der Waals surface area contributed by atoms with Crippen LogP contribution in [0.25, 0.3) is 28.0 Å². The van der Waals surface area contributed by atoms with Gasteiger partial charge >= 0.3 is 0 Å². The van der Waals surface area contributed by atoms with Gasteiger partial charge < -0.3 is 15.5 Å². The molecule has 4 aromatic rings. The average molecular weight is 448 g/mol. The molecule has 0 amide bonds. The fraction of sp³-hybridized carbons (Fsp3) is 0.240. The molecule has 7 nitrogen and oxygen atoms in total. The SMILES string of the molecule is Cc1cc(F)ccc1-c1nc(NC(C)(CO)CO)nc2c1ccc(=O)n2-c1ccccc1C. The zero-order chi connectivity index (χ0) is 23.8. The number of halogens is 1.